The van der Waals surface area contributed by atoms with Crippen LogP contribution in [0.5, 0.6) is 0 Å². The average Bonchev–Trinajstić information content (AvgIpc) is 2.73. The molecule has 6 heteroatoms. The van der Waals surface area contributed by atoms with Crippen LogP contribution in [0.1, 0.15) is 15.2 Å². The Hall–Kier alpha value is -0.360. The van der Waals surface area contributed by atoms with Crippen LogP contribution in [-0.2, 0) is 6.42 Å². The highest BCUT2D eigenvalue weighted by Crippen LogP contribution is 2.22. The van der Waals surface area contributed by atoms with Crippen LogP contribution in [0, 0.1) is 0 Å². The number of carbonyl (C=O) groups excluding carboxylic acids is 1. The minimum atomic E-state index is -0.0790. The molecule has 0 aliphatic carbocycles. The summed E-state index contributed by atoms with van der Waals surface area (Å²) in [6.45, 7) is 0.597. The lowest BCUT2D eigenvalue weighted by Gasteiger charge is -2.05. The summed E-state index contributed by atoms with van der Waals surface area (Å²) < 4.78 is 2.52. The molecule has 1 aromatic heterocycles. The van der Waals surface area contributed by atoms with E-state index < -0.39 is 0 Å². The molecule has 0 spiro atoms. The summed E-state index contributed by atoms with van der Waals surface area (Å²) in [5.74, 6) is -0.0790. The summed E-state index contributed by atoms with van der Waals surface area (Å²) in [5.41, 5.74) is 0.630. The number of hydrogen-bond donors (Lipinski definition) is 1. The van der Waals surface area contributed by atoms with Crippen molar-refractivity contribution in [1.82, 2.24) is 5.32 Å². The molecule has 0 atom stereocenters. The fraction of sp³-hybridized carbons (Fsp3) is 0.154. The zero-order valence-electron chi connectivity index (χ0n) is 9.75. The van der Waals surface area contributed by atoms with E-state index in [9.17, 15) is 4.79 Å². The molecule has 0 saturated heterocycles. The van der Waals surface area contributed by atoms with Gasteiger partial charge in [-0.1, -0.05) is 43.5 Å². The molecule has 19 heavy (non-hydrogen) atoms. The number of nitrogens with one attached hydrogen (secondary N) is 1. The highest BCUT2D eigenvalue weighted by atomic mass is 79.9. The molecule has 1 N–H and O–H groups in total. The predicted molar refractivity (Wildman–Crippen MR) is 87.2 cm³/mol. The first kappa shape index (κ1) is 15.0. The van der Waals surface area contributed by atoms with Gasteiger partial charge in [-0.3, -0.25) is 4.79 Å². The number of carbonyl (C=O) groups is 1. The van der Waals surface area contributed by atoms with Gasteiger partial charge in [0.05, 0.1) is 4.34 Å². The summed E-state index contributed by atoms with van der Waals surface area (Å²) >= 11 is 14.1. The first-order valence-electron chi connectivity index (χ1n) is 5.53. The summed E-state index contributed by atoms with van der Waals surface area (Å²) in [6.07, 6.45) is 0.790. The van der Waals surface area contributed by atoms with Gasteiger partial charge in [-0.25, -0.2) is 0 Å². The van der Waals surface area contributed by atoms with Gasteiger partial charge in [0.1, 0.15) is 0 Å². The fourth-order valence-corrected chi connectivity index (χ4v) is 3.95. The molecule has 1 heterocycles. The molecule has 1 amide bonds. The molecule has 100 valence electrons. The topological polar surface area (TPSA) is 29.1 Å². The van der Waals surface area contributed by atoms with E-state index in [0.29, 0.717) is 12.1 Å². The van der Waals surface area contributed by atoms with Crippen molar-refractivity contribution in [2.45, 2.75) is 6.42 Å². The van der Waals surface area contributed by atoms with Crippen molar-refractivity contribution >= 4 is 60.7 Å². The van der Waals surface area contributed by atoms with E-state index in [-0.39, 0.29) is 5.91 Å². The zero-order valence-corrected chi connectivity index (χ0v) is 14.5. The van der Waals surface area contributed by atoms with Crippen molar-refractivity contribution in [2.24, 2.45) is 0 Å². The summed E-state index contributed by atoms with van der Waals surface area (Å²) in [4.78, 5) is 13.1. The molecule has 0 saturated carbocycles. The van der Waals surface area contributed by atoms with Crippen LogP contribution in [0.3, 0.4) is 0 Å². The quantitative estimate of drug-likeness (QED) is 0.745. The third kappa shape index (κ3) is 4.60. The van der Waals surface area contributed by atoms with E-state index in [4.69, 9.17) is 11.6 Å². The van der Waals surface area contributed by atoms with Crippen LogP contribution >= 0.6 is 54.8 Å². The van der Waals surface area contributed by atoms with Crippen LogP contribution in [0.15, 0.2) is 39.3 Å². The normalized spacial score (nSPS) is 10.5. The third-order valence-corrected chi connectivity index (χ3v) is 4.62. The molecular formula is C13H10Br2ClNOS. The largest absolute Gasteiger partial charge is 0.352 e. The van der Waals surface area contributed by atoms with Gasteiger partial charge in [-0.2, -0.15) is 0 Å². The minimum absolute atomic E-state index is 0.0790. The van der Waals surface area contributed by atoms with E-state index in [0.717, 1.165) is 19.7 Å². The van der Waals surface area contributed by atoms with Crippen LogP contribution in [-0.4, -0.2) is 12.5 Å². The van der Waals surface area contributed by atoms with Crippen molar-refractivity contribution in [3.63, 3.8) is 0 Å². The Balaban J connectivity index is 1.90. The van der Waals surface area contributed by atoms with Gasteiger partial charge in [0, 0.05) is 25.9 Å². The second kappa shape index (κ2) is 6.88. The van der Waals surface area contributed by atoms with Gasteiger partial charge in [0.25, 0.3) is 5.91 Å². The standard InChI is InChI=1S/C13H10Br2ClNOS/c14-9-5-8(6-10(15)7-9)13(18)17-4-3-11-1-2-12(16)19-11/h1-2,5-7H,3-4H2,(H,17,18). The molecule has 0 aliphatic heterocycles. The van der Waals surface area contributed by atoms with Gasteiger partial charge in [0.2, 0.25) is 0 Å². The molecule has 1 aromatic carbocycles. The maximum atomic E-state index is 12.0. The molecule has 2 aromatic rings. The fourth-order valence-electron chi connectivity index (χ4n) is 1.57. The van der Waals surface area contributed by atoms with E-state index >= 15 is 0 Å². The Morgan fingerprint density at radius 1 is 1.21 bits per heavy atom. The van der Waals surface area contributed by atoms with Gasteiger partial charge in [0.15, 0.2) is 0 Å². The van der Waals surface area contributed by atoms with Crippen LogP contribution < -0.4 is 5.32 Å². The number of amides is 1. The van der Waals surface area contributed by atoms with Gasteiger partial charge < -0.3 is 5.32 Å². The Kier molecular flexibility index (Phi) is 5.45. The lowest BCUT2D eigenvalue weighted by Crippen LogP contribution is -2.25. The Labute approximate surface area is 137 Å². The van der Waals surface area contributed by atoms with Crippen molar-refractivity contribution in [3.8, 4) is 0 Å². The highest BCUT2D eigenvalue weighted by molar-refractivity contribution is 9.11. The lowest BCUT2D eigenvalue weighted by molar-refractivity contribution is 0.0954. The Morgan fingerprint density at radius 3 is 2.47 bits per heavy atom. The number of benzene rings is 1. The molecule has 2 nitrogen and oxygen atoms in total. The maximum absolute atomic E-state index is 12.0. The smallest absolute Gasteiger partial charge is 0.251 e. The monoisotopic (exact) mass is 421 g/mol. The SMILES string of the molecule is O=C(NCCc1ccc(Cl)s1)c1cc(Br)cc(Br)c1. The first-order chi connectivity index (χ1) is 9.04. The van der Waals surface area contributed by atoms with Crippen molar-refractivity contribution in [2.75, 3.05) is 6.54 Å². The van der Waals surface area contributed by atoms with Crippen molar-refractivity contribution in [1.29, 1.82) is 0 Å². The molecular weight excluding hydrogens is 413 g/mol. The van der Waals surface area contributed by atoms with Crippen molar-refractivity contribution in [3.05, 3.63) is 54.1 Å². The number of hydrogen-bond acceptors (Lipinski definition) is 2. The third-order valence-electron chi connectivity index (χ3n) is 2.41. The van der Waals surface area contributed by atoms with Crippen LogP contribution in [0.25, 0.3) is 0 Å². The zero-order chi connectivity index (χ0) is 13.8. The van der Waals surface area contributed by atoms with Crippen LogP contribution in [0.2, 0.25) is 4.34 Å². The molecule has 2 rings (SSSR count). The van der Waals surface area contributed by atoms with E-state index in [1.165, 1.54) is 16.2 Å². The second-order valence-corrected chi connectivity index (χ2v) is 7.50. The maximum Gasteiger partial charge on any atom is 0.251 e. The summed E-state index contributed by atoms with van der Waals surface area (Å²) in [7, 11) is 0. The lowest BCUT2D eigenvalue weighted by atomic mass is 10.2. The minimum Gasteiger partial charge on any atom is -0.352 e. The molecule has 0 fully saturated rings. The Morgan fingerprint density at radius 2 is 1.89 bits per heavy atom. The summed E-state index contributed by atoms with van der Waals surface area (Å²) in [5, 5.41) is 2.89. The highest BCUT2D eigenvalue weighted by Gasteiger charge is 2.07. The first-order valence-corrected chi connectivity index (χ1v) is 8.31. The van der Waals surface area contributed by atoms with E-state index in [2.05, 4.69) is 37.2 Å². The molecule has 0 bridgehead atoms. The molecule has 0 radical (unpaired) electrons. The van der Waals surface area contributed by atoms with Crippen molar-refractivity contribution < 1.29 is 4.79 Å². The molecule has 0 aliphatic rings. The second-order valence-electron chi connectivity index (χ2n) is 3.87. The number of thiophene rings is 1. The average molecular weight is 424 g/mol. The summed E-state index contributed by atoms with van der Waals surface area (Å²) in [6, 6.07) is 9.33. The van der Waals surface area contributed by atoms with Gasteiger partial charge in [-0.15, -0.1) is 11.3 Å². The Bertz CT molecular complexity index is 580. The number of halogens is 3. The van der Waals surface area contributed by atoms with Gasteiger partial charge in [-0.05, 0) is 36.8 Å². The number of rotatable bonds is 4. The van der Waals surface area contributed by atoms with E-state index in [1.54, 1.807) is 12.1 Å². The van der Waals surface area contributed by atoms with E-state index in [1.807, 2.05) is 18.2 Å². The molecule has 0 unspecified atom stereocenters. The van der Waals surface area contributed by atoms with Crippen LogP contribution in [0.4, 0.5) is 0 Å². The predicted octanol–water partition coefficient (Wildman–Crippen LogP) is 4.90. The van der Waals surface area contributed by atoms with Gasteiger partial charge >= 0.3 is 0 Å².